The van der Waals surface area contributed by atoms with Gasteiger partial charge in [0.2, 0.25) is 0 Å². The molecule has 8 rings (SSSR count). The summed E-state index contributed by atoms with van der Waals surface area (Å²) in [6.07, 6.45) is 0.562. The van der Waals surface area contributed by atoms with Crippen LogP contribution in [0.2, 0.25) is 0 Å². The van der Waals surface area contributed by atoms with E-state index in [1.54, 1.807) is 34.0 Å². The first-order valence-corrected chi connectivity index (χ1v) is 15.9. The fourth-order valence-corrected chi connectivity index (χ4v) is 8.36. The predicted octanol–water partition coefficient (Wildman–Crippen LogP) is 7.25. The third kappa shape index (κ3) is 4.43. The molecule has 3 aromatic carbocycles. The van der Waals surface area contributed by atoms with Crippen molar-refractivity contribution >= 4 is 76.2 Å². The van der Waals surface area contributed by atoms with Crippen LogP contribution in [0, 0.1) is 0 Å². The first-order chi connectivity index (χ1) is 20.2. The monoisotopic (exact) mass is 592 g/mol. The topological polar surface area (TPSA) is 90.0 Å². The molecule has 0 bridgehead atoms. The van der Waals surface area contributed by atoms with Crippen LogP contribution in [-0.2, 0) is 11.2 Å². The van der Waals surface area contributed by atoms with Crippen molar-refractivity contribution in [1.29, 1.82) is 0 Å². The summed E-state index contributed by atoms with van der Waals surface area (Å²) in [6, 6.07) is 24.7. The van der Waals surface area contributed by atoms with Crippen molar-refractivity contribution in [2.24, 2.45) is 0 Å². The molecule has 7 nitrogen and oxygen atoms in total. The minimum atomic E-state index is 0.562. The maximum absolute atomic E-state index is 7.25. The van der Waals surface area contributed by atoms with Crippen molar-refractivity contribution in [2.75, 3.05) is 36.9 Å². The number of morpholine rings is 1. The van der Waals surface area contributed by atoms with E-state index >= 15 is 0 Å². The zero-order valence-electron chi connectivity index (χ0n) is 21.9. The molecule has 10 heteroatoms. The Hall–Kier alpha value is -3.96. The largest absolute Gasteiger partial charge is 0.397 e. The number of hydrogen-bond donors (Lipinski definition) is 1. The van der Waals surface area contributed by atoms with Gasteiger partial charge >= 0.3 is 0 Å². The van der Waals surface area contributed by atoms with Gasteiger partial charge in [-0.25, -0.2) is 19.9 Å². The van der Waals surface area contributed by atoms with E-state index in [1.807, 2.05) is 42.5 Å². The minimum absolute atomic E-state index is 0.562. The maximum Gasteiger partial charge on any atom is 0.141 e. The highest BCUT2D eigenvalue weighted by Crippen LogP contribution is 2.46. The summed E-state index contributed by atoms with van der Waals surface area (Å²) in [5.74, 6) is 0.853. The van der Waals surface area contributed by atoms with Gasteiger partial charge in [0.1, 0.15) is 15.8 Å². The number of fused-ring (bicyclic) bond motifs is 3. The molecule has 7 aromatic rings. The van der Waals surface area contributed by atoms with Crippen LogP contribution in [0.5, 0.6) is 0 Å². The lowest BCUT2D eigenvalue weighted by Crippen LogP contribution is -2.37. The van der Waals surface area contributed by atoms with E-state index in [0.717, 1.165) is 81.4 Å². The molecule has 2 N–H and O–H groups in total. The molecule has 0 atom stereocenters. The second-order valence-electron chi connectivity index (χ2n) is 9.87. The van der Waals surface area contributed by atoms with Gasteiger partial charge in [-0.05, 0) is 36.4 Å². The molecule has 4 aromatic heterocycles. The first kappa shape index (κ1) is 24.8. The Kier molecular flexibility index (Phi) is 6.14. The number of nitrogens with zero attached hydrogens (tertiary/aromatic N) is 5. The summed E-state index contributed by atoms with van der Waals surface area (Å²) in [6.45, 7) is 2.78. The minimum Gasteiger partial charge on any atom is -0.397 e. The summed E-state index contributed by atoms with van der Waals surface area (Å²) in [4.78, 5) is 22.7. The van der Waals surface area contributed by atoms with Crippen molar-refractivity contribution in [3.63, 3.8) is 0 Å². The Morgan fingerprint density at radius 1 is 0.659 bits per heavy atom. The molecular weight excluding hydrogens is 569 g/mol. The van der Waals surface area contributed by atoms with Crippen LogP contribution in [0.25, 0.3) is 51.8 Å². The average Bonchev–Trinajstić information content (AvgIpc) is 3.73. The quantitative estimate of drug-likeness (QED) is 0.225. The number of pyridine rings is 1. The normalized spacial score (nSPS) is 14.0. The highest BCUT2D eigenvalue weighted by atomic mass is 32.1. The van der Waals surface area contributed by atoms with Gasteiger partial charge in [0.15, 0.2) is 0 Å². The Balaban J connectivity index is 1.39. The number of nitrogens with two attached hydrogens (primary N) is 1. The molecule has 0 unspecified atom stereocenters. The van der Waals surface area contributed by atoms with Crippen LogP contribution in [0.3, 0.4) is 0 Å². The van der Waals surface area contributed by atoms with E-state index in [-0.39, 0.29) is 0 Å². The third-order valence-corrected chi connectivity index (χ3v) is 10.4. The second-order valence-corrected chi connectivity index (χ2v) is 13.0. The number of nitrogen functional groups attached to an aromatic ring is 1. The van der Waals surface area contributed by atoms with Gasteiger partial charge in [-0.1, -0.05) is 36.4 Å². The molecule has 1 saturated heterocycles. The Morgan fingerprint density at radius 2 is 1.20 bits per heavy atom. The molecular formula is C31H24N6OS3. The molecule has 0 saturated carbocycles. The van der Waals surface area contributed by atoms with E-state index in [2.05, 4.69) is 35.2 Å². The van der Waals surface area contributed by atoms with Crippen molar-refractivity contribution in [3.05, 3.63) is 83.5 Å². The molecule has 0 aliphatic carbocycles. The number of benzene rings is 3. The summed E-state index contributed by atoms with van der Waals surface area (Å²) < 4.78 is 9.10. The van der Waals surface area contributed by atoms with E-state index in [0.29, 0.717) is 25.3 Å². The highest BCUT2D eigenvalue weighted by molar-refractivity contribution is 7.22. The van der Waals surface area contributed by atoms with Crippen LogP contribution in [0.4, 0.5) is 11.5 Å². The van der Waals surface area contributed by atoms with Gasteiger partial charge in [0.25, 0.3) is 0 Å². The van der Waals surface area contributed by atoms with Gasteiger partial charge in [0.05, 0.1) is 71.4 Å². The zero-order valence-corrected chi connectivity index (χ0v) is 24.4. The lowest BCUT2D eigenvalue weighted by molar-refractivity contribution is 0.122. The molecule has 5 heterocycles. The molecule has 41 heavy (non-hydrogen) atoms. The van der Waals surface area contributed by atoms with Gasteiger partial charge in [-0.3, -0.25) is 0 Å². The second kappa shape index (κ2) is 10.1. The molecule has 0 radical (unpaired) electrons. The van der Waals surface area contributed by atoms with Crippen molar-refractivity contribution in [2.45, 2.75) is 6.42 Å². The smallest absolute Gasteiger partial charge is 0.141 e. The van der Waals surface area contributed by atoms with Crippen molar-refractivity contribution in [3.8, 4) is 21.1 Å². The molecule has 202 valence electrons. The number of para-hydroxylation sites is 3. The van der Waals surface area contributed by atoms with Gasteiger partial charge in [0, 0.05) is 19.5 Å². The number of rotatable bonds is 5. The summed E-state index contributed by atoms with van der Waals surface area (Å²) in [7, 11) is 0. The van der Waals surface area contributed by atoms with E-state index < -0.39 is 0 Å². The van der Waals surface area contributed by atoms with E-state index in [9.17, 15) is 0 Å². The standard InChI is InChI=1S/C31H24N6OS3/c32-28-26(30-35-19-8-2-5-11-23(19)40-30)21(17-25-33-18-7-1-4-10-22(18)39-25)34-29(37-13-15-38-16-14-37)27(28)31-36-20-9-3-6-12-24(20)41-31/h1-12H,13-17H2,(H2,32,34). The van der Waals surface area contributed by atoms with Crippen LogP contribution < -0.4 is 10.6 Å². The number of thiazole rings is 3. The predicted molar refractivity (Wildman–Crippen MR) is 171 cm³/mol. The van der Waals surface area contributed by atoms with Crippen LogP contribution in [0.1, 0.15) is 10.7 Å². The van der Waals surface area contributed by atoms with E-state index in [4.69, 9.17) is 30.4 Å². The van der Waals surface area contributed by atoms with E-state index in [1.165, 1.54) is 0 Å². The molecule has 1 aliphatic rings. The summed E-state index contributed by atoms with van der Waals surface area (Å²) in [5.41, 5.74) is 13.4. The Morgan fingerprint density at radius 3 is 1.78 bits per heavy atom. The average molecular weight is 593 g/mol. The summed E-state index contributed by atoms with van der Waals surface area (Å²) in [5, 5.41) is 2.73. The van der Waals surface area contributed by atoms with Gasteiger partial charge in [-0.15, -0.1) is 34.0 Å². The Labute approximate surface area is 247 Å². The summed E-state index contributed by atoms with van der Waals surface area (Å²) >= 11 is 4.99. The van der Waals surface area contributed by atoms with Gasteiger partial charge < -0.3 is 15.4 Å². The fraction of sp³-hybridized carbons (Fsp3) is 0.161. The molecule has 1 aliphatic heterocycles. The third-order valence-electron chi connectivity index (χ3n) is 7.27. The highest BCUT2D eigenvalue weighted by Gasteiger charge is 2.28. The lowest BCUT2D eigenvalue weighted by atomic mass is 10.0. The number of ether oxygens (including phenoxy) is 1. The Bertz CT molecular complexity index is 1960. The molecule has 0 amide bonds. The number of anilines is 2. The molecule has 1 fully saturated rings. The van der Waals surface area contributed by atoms with Gasteiger partial charge in [-0.2, -0.15) is 0 Å². The lowest BCUT2D eigenvalue weighted by Gasteiger charge is -2.30. The fourth-order valence-electron chi connectivity index (χ4n) is 5.32. The number of aromatic nitrogens is 4. The van der Waals surface area contributed by atoms with Crippen molar-refractivity contribution in [1.82, 2.24) is 19.9 Å². The first-order valence-electron chi connectivity index (χ1n) is 13.4. The zero-order chi connectivity index (χ0) is 27.3. The SMILES string of the molecule is Nc1c(-c2nc3ccccc3s2)c(Cc2nc3ccccc3s2)nc(N2CCOCC2)c1-c1nc2ccccc2s1. The molecule has 0 spiro atoms. The number of hydrogen-bond acceptors (Lipinski definition) is 10. The van der Waals surface area contributed by atoms with Crippen molar-refractivity contribution < 1.29 is 4.74 Å². The maximum atomic E-state index is 7.25. The van der Waals surface area contributed by atoms with Crippen LogP contribution in [0.15, 0.2) is 72.8 Å². The van der Waals surface area contributed by atoms with Crippen LogP contribution >= 0.6 is 34.0 Å². The van der Waals surface area contributed by atoms with Crippen LogP contribution in [-0.4, -0.2) is 46.2 Å².